The number of hydrogen-bond donors (Lipinski definition) is 2. The summed E-state index contributed by atoms with van der Waals surface area (Å²) in [5, 5.41) is 21.4. The van der Waals surface area contributed by atoms with Crippen molar-refractivity contribution in [3.05, 3.63) is 30.5 Å². The number of carboxylic acids is 1. The van der Waals surface area contributed by atoms with Crippen LogP contribution in [-0.2, 0) is 4.79 Å². The van der Waals surface area contributed by atoms with E-state index < -0.39 is 12.0 Å². The lowest BCUT2D eigenvalue weighted by Gasteiger charge is -2.35. The van der Waals surface area contributed by atoms with Gasteiger partial charge in [0.2, 0.25) is 0 Å². The quantitative estimate of drug-likeness (QED) is 0.816. The molecule has 0 bridgehead atoms. The fraction of sp³-hybridized carbons (Fsp3) is 0.308. The predicted octanol–water partition coefficient (Wildman–Crippen LogP) is 0.493. The molecule has 0 saturated carbocycles. The van der Waals surface area contributed by atoms with Gasteiger partial charge in [-0.05, 0) is 6.07 Å². The molecule has 2 N–H and O–H groups in total. The largest absolute Gasteiger partial charge is 0.480 e. The van der Waals surface area contributed by atoms with Gasteiger partial charge in [0.1, 0.15) is 6.04 Å². The van der Waals surface area contributed by atoms with Crippen LogP contribution >= 0.6 is 0 Å². The minimum absolute atomic E-state index is 0.436. The number of aromatic nitrogens is 2. The van der Waals surface area contributed by atoms with Crippen LogP contribution in [0, 0.1) is 0 Å². The van der Waals surface area contributed by atoms with E-state index in [0.717, 1.165) is 23.1 Å². The van der Waals surface area contributed by atoms with Crippen molar-refractivity contribution < 1.29 is 9.90 Å². The number of carbonyl (C=O) groups is 1. The molecular weight excluding hydrogens is 244 g/mol. The highest BCUT2D eigenvalue weighted by Crippen LogP contribution is 2.26. The zero-order valence-corrected chi connectivity index (χ0v) is 10.3. The van der Waals surface area contributed by atoms with Gasteiger partial charge in [0, 0.05) is 25.0 Å². The van der Waals surface area contributed by atoms with E-state index in [1.54, 1.807) is 6.20 Å². The molecule has 1 aliphatic rings. The molecule has 0 spiro atoms. The zero-order chi connectivity index (χ0) is 13.2. The van der Waals surface area contributed by atoms with Crippen LogP contribution in [0.4, 0.5) is 5.69 Å². The third kappa shape index (κ3) is 2.10. The van der Waals surface area contributed by atoms with Crippen LogP contribution in [0.3, 0.4) is 0 Å². The first-order valence-electron chi connectivity index (χ1n) is 6.18. The standard InChI is InChI=1S/C13H14N4O2/c18-13(19)12-7-14-5-6-17(12)11-8-15-16-10-4-2-1-3-9(10)11/h1-4,8,12,14H,5-7H2,(H,18,19). The smallest absolute Gasteiger partial charge is 0.327 e. The van der Waals surface area contributed by atoms with Gasteiger partial charge in [-0.2, -0.15) is 10.2 Å². The number of piperazine rings is 1. The summed E-state index contributed by atoms with van der Waals surface area (Å²) in [6.45, 7) is 1.85. The van der Waals surface area contributed by atoms with Crippen LogP contribution in [0.2, 0.25) is 0 Å². The molecule has 1 saturated heterocycles. The average molecular weight is 258 g/mol. The van der Waals surface area contributed by atoms with Crippen molar-refractivity contribution in [2.45, 2.75) is 6.04 Å². The molecule has 19 heavy (non-hydrogen) atoms. The van der Waals surface area contributed by atoms with Crippen molar-refractivity contribution in [1.29, 1.82) is 0 Å². The summed E-state index contributed by atoms with van der Waals surface area (Å²) >= 11 is 0. The summed E-state index contributed by atoms with van der Waals surface area (Å²) in [6.07, 6.45) is 1.64. The summed E-state index contributed by atoms with van der Waals surface area (Å²) in [6, 6.07) is 7.07. The molecule has 1 aliphatic heterocycles. The molecule has 6 nitrogen and oxygen atoms in total. The van der Waals surface area contributed by atoms with Gasteiger partial charge in [-0.3, -0.25) is 0 Å². The van der Waals surface area contributed by atoms with Crippen molar-refractivity contribution in [3.8, 4) is 0 Å². The lowest BCUT2D eigenvalue weighted by Crippen LogP contribution is -2.55. The van der Waals surface area contributed by atoms with Gasteiger partial charge in [-0.1, -0.05) is 18.2 Å². The van der Waals surface area contributed by atoms with E-state index >= 15 is 0 Å². The first kappa shape index (κ1) is 11.9. The monoisotopic (exact) mass is 258 g/mol. The number of hydrogen-bond acceptors (Lipinski definition) is 5. The van der Waals surface area contributed by atoms with Gasteiger partial charge in [-0.15, -0.1) is 0 Å². The number of rotatable bonds is 2. The zero-order valence-electron chi connectivity index (χ0n) is 10.3. The highest BCUT2D eigenvalue weighted by atomic mass is 16.4. The summed E-state index contributed by atoms with van der Waals surface area (Å²) < 4.78 is 0. The number of anilines is 1. The second-order valence-corrected chi connectivity index (χ2v) is 4.50. The fourth-order valence-electron chi connectivity index (χ4n) is 2.43. The number of nitrogens with one attached hydrogen (secondary N) is 1. The maximum Gasteiger partial charge on any atom is 0.327 e. The van der Waals surface area contributed by atoms with E-state index in [4.69, 9.17) is 0 Å². The molecule has 2 heterocycles. The third-order valence-corrected chi connectivity index (χ3v) is 3.36. The normalized spacial score (nSPS) is 19.6. The van der Waals surface area contributed by atoms with Crippen LogP contribution in [0.15, 0.2) is 30.5 Å². The Morgan fingerprint density at radius 3 is 3.11 bits per heavy atom. The Hall–Kier alpha value is -2.21. The minimum Gasteiger partial charge on any atom is -0.480 e. The lowest BCUT2D eigenvalue weighted by molar-refractivity contribution is -0.138. The van der Waals surface area contributed by atoms with Gasteiger partial charge < -0.3 is 15.3 Å². The lowest BCUT2D eigenvalue weighted by atomic mass is 10.1. The fourth-order valence-corrected chi connectivity index (χ4v) is 2.43. The molecule has 1 unspecified atom stereocenters. The molecule has 0 aliphatic carbocycles. The van der Waals surface area contributed by atoms with Crippen LogP contribution in [0.1, 0.15) is 0 Å². The highest BCUT2D eigenvalue weighted by molar-refractivity contribution is 5.93. The van der Waals surface area contributed by atoms with Crippen molar-refractivity contribution in [2.75, 3.05) is 24.5 Å². The van der Waals surface area contributed by atoms with Gasteiger partial charge in [0.25, 0.3) is 0 Å². The maximum atomic E-state index is 11.4. The van der Waals surface area contributed by atoms with Crippen molar-refractivity contribution in [1.82, 2.24) is 15.5 Å². The van der Waals surface area contributed by atoms with Crippen molar-refractivity contribution in [2.24, 2.45) is 0 Å². The van der Waals surface area contributed by atoms with E-state index in [0.29, 0.717) is 13.1 Å². The van der Waals surface area contributed by atoms with Crippen LogP contribution in [0.25, 0.3) is 10.9 Å². The highest BCUT2D eigenvalue weighted by Gasteiger charge is 2.29. The van der Waals surface area contributed by atoms with E-state index in [-0.39, 0.29) is 0 Å². The van der Waals surface area contributed by atoms with Crippen molar-refractivity contribution >= 4 is 22.6 Å². The molecule has 98 valence electrons. The SMILES string of the molecule is O=C(O)C1CNCCN1c1cnnc2ccccc12. The second-order valence-electron chi connectivity index (χ2n) is 4.50. The Balaban J connectivity index is 2.09. The first-order valence-corrected chi connectivity index (χ1v) is 6.18. The molecular formula is C13H14N4O2. The number of carboxylic acid groups (broad SMARTS) is 1. The van der Waals surface area contributed by atoms with Gasteiger partial charge in [-0.25, -0.2) is 4.79 Å². The molecule has 1 atom stereocenters. The third-order valence-electron chi connectivity index (χ3n) is 3.36. The van der Waals surface area contributed by atoms with E-state index in [2.05, 4.69) is 15.5 Å². The Kier molecular flexibility index (Phi) is 3.00. The Labute approximate surface area is 110 Å². The number of fused-ring (bicyclic) bond motifs is 1. The summed E-state index contributed by atoms with van der Waals surface area (Å²) in [5.74, 6) is -0.826. The molecule has 1 fully saturated rings. The topological polar surface area (TPSA) is 78.4 Å². The molecule has 6 heteroatoms. The molecule has 0 amide bonds. The predicted molar refractivity (Wildman–Crippen MR) is 71.2 cm³/mol. The minimum atomic E-state index is -0.826. The number of nitrogens with zero attached hydrogens (tertiary/aromatic N) is 3. The molecule has 1 aromatic carbocycles. The van der Waals surface area contributed by atoms with Gasteiger partial charge in [0.05, 0.1) is 17.4 Å². The number of aliphatic carboxylic acids is 1. The Morgan fingerprint density at radius 2 is 2.26 bits per heavy atom. The van der Waals surface area contributed by atoms with Gasteiger partial charge in [0.15, 0.2) is 0 Å². The first-order chi connectivity index (χ1) is 9.27. The molecule has 0 radical (unpaired) electrons. The van der Waals surface area contributed by atoms with E-state index in [1.807, 2.05) is 29.2 Å². The summed E-state index contributed by atoms with van der Waals surface area (Å²) in [4.78, 5) is 13.2. The van der Waals surface area contributed by atoms with Crippen LogP contribution < -0.4 is 10.2 Å². The molecule has 3 rings (SSSR count). The van der Waals surface area contributed by atoms with E-state index in [9.17, 15) is 9.90 Å². The summed E-state index contributed by atoms with van der Waals surface area (Å²) in [5.41, 5.74) is 1.61. The second kappa shape index (κ2) is 4.81. The van der Waals surface area contributed by atoms with Crippen molar-refractivity contribution in [3.63, 3.8) is 0 Å². The molecule has 1 aromatic heterocycles. The van der Waals surface area contributed by atoms with Gasteiger partial charge >= 0.3 is 5.97 Å². The van der Waals surface area contributed by atoms with E-state index in [1.165, 1.54) is 0 Å². The van der Waals surface area contributed by atoms with Crippen LogP contribution in [-0.4, -0.2) is 46.9 Å². The maximum absolute atomic E-state index is 11.4. The Bertz CT molecular complexity index is 611. The Morgan fingerprint density at radius 1 is 1.42 bits per heavy atom. The summed E-state index contributed by atoms with van der Waals surface area (Å²) in [7, 11) is 0. The average Bonchev–Trinajstić information content (AvgIpc) is 2.46. The van der Waals surface area contributed by atoms with Crippen LogP contribution in [0.5, 0.6) is 0 Å². The number of benzene rings is 1. The molecule has 2 aromatic rings.